The summed E-state index contributed by atoms with van der Waals surface area (Å²) in [6.07, 6.45) is 0. The molecule has 0 unspecified atom stereocenters. The molecule has 0 amide bonds. The number of benzene rings is 1. The van der Waals surface area contributed by atoms with Gasteiger partial charge < -0.3 is 9.84 Å². The van der Waals surface area contributed by atoms with Gasteiger partial charge >= 0.3 is 0 Å². The molecule has 82 valence electrons. The SMILES string of the molecule is OCc1cc(OC/C(Cl)=C/Cl)ccc1Br. The lowest BCUT2D eigenvalue weighted by atomic mass is 10.2. The second-order valence-corrected chi connectivity index (χ2v) is 4.31. The number of ether oxygens (including phenoxy) is 1. The summed E-state index contributed by atoms with van der Waals surface area (Å²) in [4.78, 5) is 0. The molecule has 15 heavy (non-hydrogen) atoms. The molecule has 0 saturated heterocycles. The largest absolute Gasteiger partial charge is 0.488 e. The quantitative estimate of drug-likeness (QED) is 0.920. The summed E-state index contributed by atoms with van der Waals surface area (Å²) in [5.74, 6) is 0.638. The highest BCUT2D eigenvalue weighted by atomic mass is 79.9. The fourth-order valence-corrected chi connectivity index (χ4v) is 1.44. The van der Waals surface area contributed by atoms with Crippen LogP contribution in [0.25, 0.3) is 0 Å². The Morgan fingerprint density at radius 1 is 1.53 bits per heavy atom. The summed E-state index contributed by atoms with van der Waals surface area (Å²) in [6, 6.07) is 5.32. The van der Waals surface area contributed by atoms with Crippen LogP contribution in [0.4, 0.5) is 0 Å². The predicted octanol–water partition coefficient (Wildman–Crippen LogP) is 3.64. The Labute approximate surface area is 107 Å². The van der Waals surface area contributed by atoms with Crippen LogP contribution in [0.15, 0.2) is 33.2 Å². The van der Waals surface area contributed by atoms with E-state index in [-0.39, 0.29) is 13.2 Å². The predicted molar refractivity (Wildman–Crippen MR) is 65.3 cm³/mol. The standard InChI is InChI=1S/C10H9BrCl2O2/c11-10-2-1-9(3-7(10)5-14)15-6-8(13)4-12/h1-4,14H,5-6H2/b8-4-. The molecule has 2 nitrogen and oxygen atoms in total. The third kappa shape index (κ3) is 4.03. The highest BCUT2D eigenvalue weighted by molar-refractivity contribution is 9.10. The van der Waals surface area contributed by atoms with E-state index in [4.69, 9.17) is 33.0 Å². The molecule has 0 aliphatic carbocycles. The molecule has 0 aliphatic heterocycles. The molecule has 5 heteroatoms. The Balaban J connectivity index is 2.70. The molecule has 1 aromatic carbocycles. The molecular weight excluding hydrogens is 303 g/mol. The van der Waals surface area contributed by atoms with Crippen LogP contribution in [-0.4, -0.2) is 11.7 Å². The molecule has 0 fully saturated rings. The summed E-state index contributed by atoms with van der Waals surface area (Å²) in [5, 5.41) is 9.44. The molecule has 1 rings (SSSR count). The van der Waals surface area contributed by atoms with Crippen LogP contribution in [0, 0.1) is 0 Å². The molecule has 0 atom stereocenters. The first kappa shape index (κ1) is 12.8. The third-order valence-corrected chi connectivity index (χ3v) is 3.05. The molecule has 0 bridgehead atoms. The van der Waals surface area contributed by atoms with Crippen molar-refractivity contribution in [3.05, 3.63) is 38.8 Å². The average Bonchev–Trinajstić information content (AvgIpc) is 2.27. The minimum Gasteiger partial charge on any atom is -0.488 e. The number of halogens is 3. The number of hydrogen-bond acceptors (Lipinski definition) is 2. The lowest BCUT2D eigenvalue weighted by molar-refractivity contribution is 0.279. The van der Waals surface area contributed by atoms with Gasteiger partial charge in [-0.15, -0.1) is 0 Å². The summed E-state index contributed by atoms with van der Waals surface area (Å²) in [6.45, 7) is 0.175. The second kappa shape index (κ2) is 6.38. The molecule has 0 heterocycles. The van der Waals surface area contributed by atoms with Gasteiger partial charge in [-0.25, -0.2) is 0 Å². The van der Waals surface area contributed by atoms with Crippen molar-refractivity contribution >= 4 is 39.1 Å². The first-order chi connectivity index (χ1) is 7.17. The first-order valence-corrected chi connectivity index (χ1v) is 5.75. The average molecular weight is 312 g/mol. The van der Waals surface area contributed by atoms with Crippen LogP contribution in [-0.2, 0) is 6.61 Å². The van der Waals surface area contributed by atoms with Crippen molar-refractivity contribution in [3.63, 3.8) is 0 Å². The minimum atomic E-state index is -0.0448. The van der Waals surface area contributed by atoms with E-state index in [1.54, 1.807) is 18.2 Å². The Bertz CT molecular complexity index is 366. The van der Waals surface area contributed by atoms with Crippen molar-refractivity contribution in [2.45, 2.75) is 6.61 Å². The van der Waals surface area contributed by atoms with E-state index < -0.39 is 0 Å². The Morgan fingerprint density at radius 2 is 2.27 bits per heavy atom. The van der Waals surface area contributed by atoms with Crippen LogP contribution in [0.1, 0.15) is 5.56 Å². The maximum Gasteiger partial charge on any atom is 0.125 e. The number of aliphatic hydroxyl groups excluding tert-OH is 1. The molecular formula is C10H9BrCl2O2. The molecule has 0 aliphatic rings. The molecule has 0 aromatic heterocycles. The lowest BCUT2D eigenvalue weighted by Crippen LogP contribution is -1.97. The topological polar surface area (TPSA) is 29.5 Å². The highest BCUT2D eigenvalue weighted by Gasteiger charge is 2.02. The first-order valence-electron chi connectivity index (χ1n) is 4.14. The van der Waals surface area contributed by atoms with Crippen molar-refractivity contribution in [2.24, 2.45) is 0 Å². The van der Waals surface area contributed by atoms with Crippen LogP contribution in [0.5, 0.6) is 5.75 Å². The second-order valence-electron chi connectivity index (χ2n) is 2.76. The zero-order chi connectivity index (χ0) is 11.3. The van der Waals surface area contributed by atoms with Gasteiger partial charge in [0.1, 0.15) is 12.4 Å². The van der Waals surface area contributed by atoms with Crippen LogP contribution in [0.3, 0.4) is 0 Å². The zero-order valence-electron chi connectivity index (χ0n) is 7.71. The molecule has 1 aromatic rings. The number of aliphatic hydroxyl groups is 1. The van der Waals surface area contributed by atoms with Crippen molar-refractivity contribution in [3.8, 4) is 5.75 Å². The van der Waals surface area contributed by atoms with E-state index in [1.165, 1.54) is 5.54 Å². The smallest absolute Gasteiger partial charge is 0.125 e. The fraction of sp³-hybridized carbons (Fsp3) is 0.200. The van der Waals surface area contributed by atoms with Gasteiger partial charge in [0.25, 0.3) is 0 Å². The summed E-state index contributed by atoms with van der Waals surface area (Å²) >= 11 is 14.4. The van der Waals surface area contributed by atoms with Crippen LogP contribution in [0.2, 0.25) is 0 Å². The van der Waals surface area contributed by atoms with Crippen molar-refractivity contribution in [1.82, 2.24) is 0 Å². The molecule has 0 saturated carbocycles. The summed E-state index contributed by atoms with van der Waals surface area (Å²) in [7, 11) is 0. The van der Waals surface area contributed by atoms with Crippen molar-refractivity contribution in [1.29, 1.82) is 0 Å². The Kier molecular flexibility index (Phi) is 5.47. The molecule has 1 N–H and O–H groups in total. The maximum atomic E-state index is 9.02. The van der Waals surface area contributed by atoms with E-state index in [0.29, 0.717) is 10.8 Å². The molecule has 0 spiro atoms. The van der Waals surface area contributed by atoms with Gasteiger partial charge in [-0.1, -0.05) is 39.1 Å². The van der Waals surface area contributed by atoms with E-state index in [0.717, 1.165) is 10.0 Å². The van der Waals surface area contributed by atoms with E-state index in [2.05, 4.69) is 15.9 Å². The fourth-order valence-electron chi connectivity index (χ4n) is 0.946. The van der Waals surface area contributed by atoms with Gasteiger partial charge in [0, 0.05) is 10.0 Å². The normalized spacial score (nSPS) is 11.6. The van der Waals surface area contributed by atoms with E-state index in [9.17, 15) is 0 Å². The van der Waals surface area contributed by atoms with Crippen LogP contribution >= 0.6 is 39.1 Å². The van der Waals surface area contributed by atoms with E-state index in [1.807, 2.05) is 0 Å². The van der Waals surface area contributed by atoms with Gasteiger partial charge in [0.15, 0.2) is 0 Å². The molecule has 0 radical (unpaired) electrons. The summed E-state index contributed by atoms with van der Waals surface area (Å²) in [5.41, 5.74) is 2.02. The Morgan fingerprint density at radius 3 is 2.87 bits per heavy atom. The van der Waals surface area contributed by atoms with Gasteiger partial charge in [-0.05, 0) is 23.8 Å². The van der Waals surface area contributed by atoms with Crippen LogP contribution < -0.4 is 4.74 Å². The van der Waals surface area contributed by atoms with Crippen molar-refractivity contribution < 1.29 is 9.84 Å². The van der Waals surface area contributed by atoms with Gasteiger partial charge in [-0.3, -0.25) is 0 Å². The van der Waals surface area contributed by atoms with Gasteiger partial charge in [0.2, 0.25) is 0 Å². The third-order valence-electron chi connectivity index (χ3n) is 1.68. The minimum absolute atomic E-state index is 0.0448. The number of hydrogen-bond donors (Lipinski definition) is 1. The monoisotopic (exact) mass is 310 g/mol. The Hall–Kier alpha value is -0.220. The van der Waals surface area contributed by atoms with E-state index >= 15 is 0 Å². The maximum absolute atomic E-state index is 9.02. The summed E-state index contributed by atoms with van der Waals surface area (Å²) < 4.78 is 6.18. The lowest BCUT2D eigenvalue weighted by Gasteiger charge is -2.07. The van der Waals surface area contributed by atoms with Gasteiger partial charge in [0.05, 0.1) is 11.6 Å². The number of rotatable bonds is 4. The van der Waals surface area contributed by atoms with Crippen molar-refractivity contribution in [2.75, 3.05) is 6.61 Å². The highest BCUT2D eigenvalue weighted by Crippen LogP contribution is 2.23. The zero-order valence-corrected chi connectivity index (χ0v) is 10.8. The van der Waals surface area contributed by atoms with Gasteiger partial charge in [-0.2, -0.15) is 0 Å².